The SMILES string of the molecule is CN1CCN(C2CCN(C(=O)C(Cc3cc(Cl)c(N)c(C(F)(F)F)c3)OC(=O)N3CCC(N4CCc5ccccc5NC4=O)CC3)CC2)CC1.Cl. The normalized spacial score (nSPS) is 20.6. The number of alkyl halides is 3. The monoisotopic (exact) mass is 755 g/mol. The highest BCUT2D eigenvalue weighted by molar-refractivity contribution is 6.33. The third-order valence-corrected chi connectivity index (χ3v) is 10.9. The van der Waals surface area contributed by atoms with E-state index in [-0.39, 0.29) is 41.5 Å². The quantitative estimate of drug-likeness (QED) is 0.390. The van der Waals surface area contributed by atoms with Gasteiger partial charge in [-0.3, -0.25) is 9.69 Å². The van der Waals surface area contributed by atoms with Crippen LogP contribution in [0.25, 0.3) is 0 Å². The van der Waals surface area contributed by atoms with Gasteiger partial charge in [-0.05, 0) is 68.5 Å². The van der Waals surface area contributed by atoms with Crippen molar-refractivity contribution >= 4 is 53.4 Å². The van der Waals surface area contributed by atoms with Crippen molar-refractivity contribution in [3.63, 3.8) is 0 Å². The van der Waals surface area contributed by atoms with Gasteiger partial charge in [0.25, 0.3) is 5.91 Å². The molecule has 0 bridgehead atoms. The summed E-state index contributed by atoms with van der Waals surface area (Å²) in [5.41, 5.74) is 5.90. The largest absolute Gasteiger partial charge is 0.436 e. The molecular formula is C35H46Cl2F3N7O4. The third kappa shape index (κ3) is 9.13. The fourth-order valence-electron chi connectivity index (χ4n) is 7.56. The summed E-state index contributed by atoms with van der Waals surface area (Å²) < 4.78 is 47.3. The minimum atomic E-state index is -4.76. The lowest BCUT2D eigenvalue weighted by Gasteiger charge is -2.42. The molecule has 0 radical (unpaired) electrons. The number of hydrogen-bond donors (Lipinski definition) is 2. The van der Waals surface area contributed by atoms with Gasteiger partial charge in [0.1, 0.15) is 0 Å². The molecule has 4 heterocycles. The smallest absolute Gasteiger partial charge is 0.418 e. The number of fused-ring (bicyclic) bond motifs is 1. The second-order valence-corrected chi connectivity index (χ2v) is 14.2. The summed E-state index contributed by atoms with van der Waals surface area (Å²) in [6.07, 6.45) is -3.90. The number of ether oxygens (including phenoxy) is 1. The summed E-state index contributed by atoms with van der Waals surface area (Å²) >= 11 is 6.11. The van der Waals surface area contributed by atoms with E-state index in [4.69, 9.17) is 22.1 Å². The number of benzene rings is 2. The van der Waals surface area contributed by atoms with Gasteiger partial charge in [0.15, 0.2) is 6.10 Å². The van der Waals surface area contributed by atoms with E-state index in [1.165, 1.54) is 11.0 Å². The van der Waals surface area contributed by atoms with Crippen LogP contribution >= 0.6 is 24.0 Å². The van der Waals surface area contributed by atoms with Gasteiger partial charge < -0.3 is 35.4 Å². The second kappa shape index (κ2) is 16.5. The number of nitrogens with two attached hydrogens (primary N) is 1. The summed E-state index contributed by atoms with van der Waals surface area (Å²) in [7, 11) is 2.10. The van der Waals surface area contributed by atoms with Crippen LogP contribution in [0.4, 0.5) is 34.1 Å². The molecule has 4 amide bonds. The number of nitrogens with one attached hydrogen (secondary N) is 1. The number of nitrogens with zero attached hydrogens (tertiary/aromatic N) is 5. The minimum Gasteiger partial charge on any atom is -0.436 e. The molecular weight excluding hydrogens is 710 g/mol. The summed E-state index contributed by atoms with van der Waals surface area (Å²) in [6, 6.07) is 9.91. The van der Waals surface area contributed by atoms with E-state index in [2.05, 4.69) is 22.2 Å². The van der Waals surface area contributed by atoms with Crippen molar-refractivity contribution in [1.29, 1.82) is 0 Å². The molecule has 280 valence electrons. The van der Waals surface area contributed by atoms with Crippen molar-refractivity contribution in [2.45, 2.75) is 62.9 Å². The van der Waals surface area contributed by atoms with Crippen LogP contribution in [-0.2, 0) is 28.5 Å². The molecule has 51 heavy (non-hydrogen) atoms. The number of para-hydroxylation sites is 1. The standard InChI is InChI=1S/C35H45ClF3N7O4.ClH/c1-42-16-18-43(19-17-42)25-7-11-44(12-8-25)32(47)30(22-23-20-27(35(37,38)39)31(40)28(36)21-23)50-34(49)45-13-9-26(10-14-45)46-15-6-24-4-2-3-5-29(24)41-33(46)48;/h2-5,20-21,25-26,30H,6-19,22,40H2,1H3,(H,41,48);1H. The number of hydrogen-bond acceptors (Lipinski definition) is 7. The Morgan fingerprint density at radius 3 is 2.24 bits per heavy atom. The van der Waals surface area contributed by atoms with Crippen LogP contribution in [0, 0.1) is 0 Å². The molecule has 3 saturated heterocycles. The van der Waals surface area contributed by atoms with Crippen LogP contribution in [0.5, 0.6) is 0 Å². The zero-order valence-corrected chi connectivity index (χ0v) is 30.2. The van der Waals surface area contributed by atoms with Gasteiger partial charge in [-0.25, -0.2) is 9.59 Å². The Morgan fingerprint density at radius 1 is 0.941 bits per heavy atom. The van der Waals surface area contributed by atoms with Crippen molar-refractivity contribution < 1.29 is 32.3 Å². The number of anilines is 2. The first kappa shape index (κ1) is 38.8. The Bertz CT molecular complexity index is 1560. The van der Waals surface area contributed by atoms with Crippen molar-refractivity contribution in [3.05, 3.63) is 58.1 Å². The maximum atomic E-state index is 14.0. The van der Waals surface area contributed by atoms with Gasteiger partial charge in [0.05, 0.1) is 16.3 Å². The lowest BCUT2D eigenvalue weighted by Crippen LogP contribution is -2.54. The summed E-state index contributed by atoms with van der Waals surface area (Å²) in [5, 5.41) is 2.70. The van der Waals surface area contributed by atoms with E-state index in [1.807, 2.05) is 29.2 Å². The molecule has 0 aromatic heterocycles. The zero-order valence-electron chi connectivity index (χ0n) is 28.7. The second-order valence-electron chi connectivity index (χ2n) is 13.8. The van der Waals surface area contributed by atoms with E-state index < -0.39 is 35.5 Å². The van der Waals surface area contributed by atoms with Crippen LogP contribution in [0.1, 0.15) is 42.4 Å². The molecule has 1 atom stereocenters. The van der Waals surface area contributed by atoms with Crippen LogP contribution in [0.2, 0.25) is 5.02 Å². The van der Waals surface area contributed by atoms with E-state index in [9.17, 15) is 27.6 Å². The summed E-state index contributed by atoms with van der Waals surface area (Å²) in [5.74, 6) is -0.452. The predicted octanol–water partition coefficient (Wildman–Crippen LogP) is 5.20. The Kier molecular flexibility index (Phi) is 12.5. The van der Waals surface area contributed by atoms with E-state index in [1.54, 1.807) is 4.90 Å². The Hall–Kier alpha value is -3.46. The van der Waals surface area contributed by atoms with E-state index in [0.717, 1.165) is 56.3 Å². The predicted molar refractivity (Wildman–Crippen MR) is 191 cm³/mol. The number of halogens is 5. The Balaban J connectivity index is 0.00000504. The highest BCUT2D eigenvalue weighted by Gasteiger charge is 2.38. The molecule has 11 nitrogen and oxygen atoms in total. The molecule has 1 unspecified atom stereocenters. The average molecular weight is 757 g/mol. The maximum Gasteiger partial charge on any atom is 0.418 e. The number of piperidine rings is 2. The number of rotatable bonds is 6. The fourth-order valence-corrected chi connectivity index (χ4v) is 7.80. The van der Waals surface area contributed by atoms with E-state index >= 15 is 0 Å². The molecule has 0 aliphatic carbocycles. The maximum absolute atomic E-state index is 14.0. The molecule has 2 aromatic rings. The Labute approximate surface area is 307 Å². The van der Waals surface area contributed by atoms with Gasteiger partial charge in [-0.2, -0.15) is 13.2 Å². The average Bonchev–Trinajstić information content (AvgIpc) is 3.27. The van der Waals surface area contributed by atoms with Crippen molar-refractivity contribution in [2.24, 2.45) is 0 Å². The van der Waals surface area contributed by atoms with Crippen LogP contribution in [-0.4, -0.2) is 127 Å². The number of carbonyl (C=O) groups is 3. The van der Waals surface area contributed by atoms with Crippen LogP contribution in [0.15, 0.2) is 36.4 Å². The van der Waals surface area contributed by atoms with Gasteiger partial charge in [0.2, 0.25) is 0 Å². The lowest BCUT2D eigenvalue weighted by molar-refractivity contribution is -0.142. The van der Waals surface area contributed by atoms with E-state index in [0.29, 0.717) is 58.0 Å². The highest BCUT2D eigenvalue weighted by atomic mass is 35.5. The molecule has 0 spiro atoms. The van der Waals surface area contributed by atoms with Crippen LogP contribution < -0.4 is 11.1 Å². The number of carbonyl (C=O) groups excluding carboxylic acids is 3. The van der Waals surface area contributed by atoms with Crippen molar-refractivity contribution in [2.75, 3.05) is 77.0 Å². The number of amides is 4. The van der Waals surface area contributed by atoms with Crippen molar-refractivity contribution in [3.8, 4) is 0 Å². The molecule has 3 N–H and O–H groups in total. The molecule has 16 heteroatoms. The summed E-state index contributed by atoms with van der Waals surface area (Å²) in [4.78, 5) is 50.3. The molecule has 0 saturated carbocycles. The number of likely N-dealkylation sites (N-methyl/N-ethyl adjacent to an activating group) is 1. The van der Waals surface area contributed by atoms with Gasteiger partial charge in [-0.15, -0.1) is 12.4 Å². The number of piperazine rings is 1. The Morgan fingerprint density at radius 2 is 1.57 bits per heavy atom. The lowest BCUT2D eigenvalue weighted by atomic mass is 9.99. The minimum absolute atomic E-state index is 0. The first-order chi connectivity index (χ1) is 23.9. The molecule has 3 fully saturated rings. The van der Waals surface area contributed by atoms with Gasteiger partial charge in [0, 0.05) is 83.1 Å². The highest BCUT2D eigenvalue weighted by Crippen LogP contribution is 2.38. The first-order valence-electron chi connectivity index (χ1n) is 17.3. The number of urea groups is 1. The number of nitrogen functional groups attached to an aromatic ring is 1. The molecule has 4 aliphatic heterocycles. The third-order valence-electron chi connectivity index (χ3n) is 10.6. The summed E-state index contributed by atoms with van der Waals surface area (Å²) in [6.45, 7) is 5.93. The molecule has 4 aliphatic rings. The molecule has 2 aromatic carbocycles. The number of likely N-dealkylation sites (tertiary alicyclic amines) is 2. The zero-order chi connectivity index (χ0) is 35.6. The topological polar surface area (TPSA) is 115 Å². The van der Waals surface area contributed by atoms with Crippen LogP contribution in [0.3, 0.4) is 0 Å². The first-order valence-corrected chi connectivity index (χ1v) is 17.7. The van der Waals surface area contributed by atoms with Gasteiger partial charge in [-0.1, -0.05) is 29.8 Å². The molecule has 6 rings (SSSR count). The van der Waals surface area contributed by atoms with Crippen molar-refractivity contribution in [1.82, 2.24) is 24.5 Å². The van der Waals surface area contributed by atoms with Gasteiger partial charge >= 0.3 is 18.3 Å². The fraction of sp³-hybridized carbons (Fsp3) is 0.571.